The van der Waals surface area contributed by atoms with Crippen molar-refractivity contribution in [3.8, 4) is 0 Å². The Balaban J connectivity index is 2.08. The van der Waals surface area contributed by atoms with Crippen molar-refractivity contribution < 1.29 is 4.79 Å². The number of piperidine rings is 1. The molecular weight excluding hydrogens is 250 g/mol. The van der Waals surface area contributed by atoms with E-state index in [1.165, 1.54) is 29.6 Å². The lowest BCUT2D eigenvalue weighted by molar-refractivity contribution is 0.100. The van der Waals surface area contributed by atoms with E-state index in [-0.39, 0.29) is 12.3 Å². The van der Waals surface area contributed by atoms with Crippen LogP contribution >= 0.6 is 0 Å². The summed E-state index contributed by atoms with van der Waals surface area (Å²) in [6.07, 6.45) is 2.47. The number of nitrogens with two attached hydrogens (primary N) is 1. The number of para-hydroxylation sites is 1. The van der Waals surface area contributed by atoms with Crippen LogP contribution in [0, 0.1) is 0 Å². The van der Waals surface area contributed by atoms with Gasteiger partial charge in [-0.15, -0.1) is 0 Å². The van der Waals surface area contributed by atoms with Gasteiger partial charge in [-0.05, 0) is 24.8 Å². The van der Waals surface area contributed by atoms with Gasteiger partial charge in [0.05, 0.1) is 12.1 Å². The molecule has 0 radical (unpaired) electrons. The van der Waals surface area contributed by atoms with Gasteiger partial charge < -0.3 is 15.2 Å². The van der Waals surface area contributed by atoms with Crippen LogP contribution in [0.2, 0.25) is 0 Å². The summed E-state index contributed by atoms with van der Waals surface area (Å²) in [5.41, 5.74) is 8.84. The van der Waals surface area contributed by atoms with Crippen molar-refractivity contribution >= 4 is 22.5 Å². The number of hydrogen-bond donors (Lipinski definition) is 1. The molecule has 4 nitrogen and oxygen atoms in total. The molecule has 1 aromatic carbocycles. The van der Waals surface area contributed by atoms with Crippen LogP contribution in [0.4, 0.5) is 5.82 Å². The van der Waals surface area contributed by atoms with E-state index in [1.807, 2.05) is 12.1 Å². The van der Waals surface area contributed by atoms with Crippen molar-refractivity contribution in [1.29, 1.82) is 0 Å². The predicted octanol–water partition coefficient (Wildman–Crippen LogP) is 2.02. The van der Waals surface area contributed by atoms with Crippen LogP contribution in [0.3, 0.4) is 0 Å². The number of aryl methyl sites for hydroxylation is 1. The van der Waals surface area contributed by atoms with Gasteiger partial charge in [0.1, 0.15) is 5.82 Å². The van der Waals surface area contributed by atoms with Gasteiger partial charge in [-0.2, -0.15) is 0 Å². The van der Waals surface area contributed by atoms with Gasteiger partial charge in [0.25, 0.3) is 0 Å². The topological polar surface area (TPSA) is 51.3 Å². The third kappa shape index (κ3) is 1.37. The lowest BCUT2D eigenvalue weighted by Crippen LogP contribution is -2.39. The number of Topliss-reactive ketones (excluding diaryl/α,β-unsaturated/α-hetero) is 1. The van der Waals surface area contributed by atoms with E-state index < -0.39 is 0 Å². The second kappa shape index (κ2) is 4.09. The van der Waals surface area contributed by atoms with E-state index in [2.05, 4.69) is 22.6 Å². The highest BCUT2D eigenvalue weighted by Crippen LogP contribution is 2.47. The molecule has 0 unspecified atom stereocenters. The van der Waals surface area contributed by atoms with Crippen LogP contribution in [0.25, 0.3) is 10.9 Å². The molecule has 2 bridgehead atoms. The van der Waals surface area contributed by atoms with Crippen molar-refractivity contribution in [2.24, 2.45) is 12.8 Å². The fourth-order valence-corrected chi connectivity index (χ4v) is 4.03. The SMILES string of the molecule is Cn1c2c(c3cccc(C(=O)CN)c31)C1CCN2CC1. The van der Waals surface area contributed by atoms with Crippen LogP contribution in [-0.4, -0.2) is 30.0 Å². The number of rotatable bonds is 2. The van der Waals surface area contributed by atoms with E-state index in [4.69, 9.17) is 5.73 Å². The van der Waals surface area contributed by atoms with E-state index in [9.17, 15) is 4.79 Å². The number of aromatic nitrogens is 1. The maximum atomic E-state index is 12.1. The highest BCUT2D eigenvalue weighted by Gasteiger charge is 2.36. The quantitative estimate of drug-likeness (QED) is 0.849. The monoisotopic (exact) mass is 269 g/mol. The second-order valence-electron chi connectivity index (χ2n) is 5.89. The molecule has 3 aliphatic heterocycles. The molecule has 1 saturated heterocycles. The summed E-state index contributed by atoms with van der Waals surface area (Å²) in [6.45, 7) is 2.35. The third-order valence-electron chi connectivity index (χ3n) is 4.91. The molecule has 0 spiro atoms. The summed E-state index contributed by atoms with van der Waals surface area (Å²) in [6, 6.07) is 6.05. The molecule has 5 rings (SSSR count). The van der Waals surface area contributed by atoms with Crippen LogP contribution in [0.15, 0.2) is 18.2 Å². The first-order chi connectivity index (χ1) is 9.72. The Morgan fingerprint density at radius 2 is 2.10 bits per heavy atom. The van der Waals surface area contributed by atoms with Crippen molar-refractivity contribution in [3.63, 3.8) is 0 Å². The number of benzene rings is 1. The molecule has 3 aliphatic rings. The largest absolute Gasteiger partial charge is 0.358 e. The molecule has 20 heavy (non-hydrogen) atoms. The molecule has 1 fully saturated rings. The number of carbonyl (C=O) groups is 1. The van der Waals surface area contributed by atoms with Crippen LogP contribution in [-0.2, 0) is 7.05 Å². The fraction of sp³-hybridized carbons (Fsp3) is 0.438. The number of nitrogens with zero attached hydrogens (tertiary/aromatic N) is 2. The zero-order valence-electron chi connectivity index (χ0n) is 11.7. The second-order valence-corrected chi connectivity index (χ2v) is 5.89. The minimum absolute atomic E-state index is 0.0240. The molecule has 2 N–H and O–H groups in total. The average molecular weight is 269 g/mol. The summed E-state index contributed by atoms with van der Waals surface area (Å²) in [4.78, 5) is 14.6. The average Bonchev–Trinajstić information content (AvgIpc) is 2.84. The highest BCUT2D eigenvalue weighted by molar-refractivity contribution is 6.10. The van der Waals surface area contributed by atoms with Gasteiger partial charge >= 0.3 is 0 Å². The van der Waals surface area contributed by atoms with Crippen LogP contribution < -0.4 is 10.6 Å². The smallest absolute Gasteiger partial charge is 0.178 e. The third-order valence-corrected chi connectivity index (χ3v) is 4.91. The first-order valence-electron chi connectivity index (χ1n) is 7.32. The lowest BCUT2D eigenvalue weighted by atomic mass is 9.84. The summed E-state index contributed by atoms with van der Waals surface area (Å²) in [5.74, 6) is 2.00. The maximum absolute atomic E-state index is 12.1. The standard InChI is InChI=1S/C16H19N3O/c1-18-15-11(13(20)9-17)3-2-4-12(15)14-10-5-7-19(8-6-10)16(14)18/h2-4,10H,5-9,17H2,1H3. The van der Waals surface area contributed by atoms with Crippen molar-refractivity contribution in [1.82, 2.24) is 4.57 Å². The Labute approximate surface area is 118 Å². The molecule has 0 amide bonds. The van der Waals surface area contributed by atoms with Crippen molar-refractivity contribution in [3.05, 3.63) is 29.3 Å². The van der Waals surface area contributed by atoms with E-state index in [0.717, 1.165) is 24.2 Å². The number of fused-ring (bicyclic) bond motifs is 3. The van der Waals surface area contributed by atoms with E-state index in [1.54, 1.807) is 0 Å². The number of hydrogen-bond acceptors (Lipinski definition) is 3. The Bertz CT molecular complexity index is 708. The molecule has 104 valence electrons. The Morgan fingerprint density at radius 3 is 2.80 bits per heavy atom. The molecule has 4 heterocycles. The summed E-state index contributed by atoms with van der Waals surface area (Å²) in [7, 11) is 2.08. The molecular formula is C16H19N3O. The zero-order valence-corrected chi connectivity index (χ0v) is 11.7. The predicted molar refractivity (Wildman–Crippen MR) is 80.5 cm³/mol. The number of anilines is 1. The summed E-state index contributed by atoms with van der Waals surface area (Å²) >= 11 is 0. The zero-order chi connectivity index (χ0) is 13.9. The van der Waals surface area contributed by atoms with Crippen molar-refractivity contribution in [2.75, 3.05) is 24.5 Å². The number of carbonyl (C=O) groups excluding carboxylic acids is 1. The van der Waals surface area contributed by atoms with Crippen LogP contribution in [0.5, 0.6) is 0 Å². The molecule has 4 heteroatoms. The molecule has 2 aromatic rings. The molecule has 1 aromatic heterocycles. The van der Waals surface area contributed by atoms with Gasteiger partial charge in [0.2, 0.25) is 0 Å². The first kappa shape index (κ1) is 12.0. The fourth-order valence-electron chi connectivity index (χ4n) is 4.03. The highest BCUT2D eigenvalue weighted by atomic mass is 16.1. The first-order valence-corrected chi connectivity index (χ1v) is 7.32. The Hall–Kier alpha value is -1.81. The Morgan fingerprint density at radius 1 is 1.35 bits per heavy atom. The Kier molecular flexibility index (Phi) is 2.45. The summed E-state index contributed by atoms with van der Waals surface area (Å²) < 4.78 is 2.21. The van der Waals surface area contributed by atoms with Crippen LogP contribution in [0.1, 0.15) is 34.7 Å². The van der Waals surface area contributed by atoms with Gasteiger partial charge in [0, 0.05) is 36.7 Å². The summed E-state index contributed by atoms with van der Waals surface area (Å²) in [5, 5.41) is 1.25. The minimum atomic E-state index is 0.0240. The van der Waals surface area contributed by atoms with E-state index in [0.29, 0.717) is 5.92 Å². The lowest BCUT2D eigenvalue weighted by Gasteiger charge is -2.41. The van der Waals surface area contributed by atoms with Crippen molar-refractivity contribution in [2.45, 2.75) is 18.8 Å². The van der Waals surface area contributed by atoms with Gasteiger partial charge in [-0.1, -0.05) is 12.1 Å². The normalized spacial score (nSPS) is 17.8. The van der Waals surface area contributed by atoms with Gasteiger partial charge in [-0.25, -0.2) is 0 Å². The minimum Gasteiger partial charge on any atom is -0.358 e. The molecule has 0 atom stereocenters. The maximum Gasteiger partial charge on any atom is 0.178 e. The molecule has 0 aliphatic carbocycles. The number of ketones is 1. The van der Waals surface area contributed by atoms with Gasteiger partial charge in [-0.3, -0.25) is 4.79 Å². The van der Waals surface area contributed by atoms with Gasteiger partial charge in [0.15, 0.2) is 5.78 Å². The van der Waals surface area contributed by atoms with E-state index >= 15 is 0 Å². The molecule has 0 saturated carbocycles.